The smallest absolute Gasteiger partial charge is 0.219 e. The van der Waals surface area contributed by atoms with Crippen molar-refractivity contribution in [3.63, 3.8) is 0 Å². The lowest BCUT2D eigenvalue weighted by Gasteiger charge is -2.25. The van der Waals surface area contributed by atoms with E-state index in [1.54, 1.807) is 25.3 Å². The molecule has 0 radical (unpaired) electrons. The van der Waals surface area contributed by atoms with Gasteiger partial charge in [0.2, 0.25) is 5.91 Å². The summed E-state index contributed by atoms with van der Waals surface area (Å²) in [7, 11) is 1.57. The Morgan fingerprint density at radius 2 is 2.17 bits per heavy atom. The predicted octanol–water partition coefficient (Wildman–Crippen LogP) is 1.14. The molecule has 0 aliphatic heterocycles. The zero-order valence-electron chi connectivity index (χ0n) is 11.0. The number of hydrogen-bond donors (Lipinski definition) is 3. The molecule has 100 valence electrons. The van der Waals surface area contributed by atoms with E-state index < -0.39 is 5.54 Å². The number of carbonyl (C=O) groups excluding carboxylic acids is 1. The van der Waals surface area contributed by atoms with Crippen molar-refractivity contribution in [3.8, 4) is 11.5 Å². The van der Waals surface area contributed by atoms with Crippen LogP contribution in [0.2, 0.25) is 0 Å². The molecule has 0 atom stereocenters. The average Bonchev–Trinajstić information content (AvgIpc) is 2.26. The molecule has 0 spiro atoms. The third-order valence-corrected chi connectivity index (χ3v) is 2.66. The normalized spacial score (nSPS) is 11.3. The van der Waals surface area contributed by atoms with Gasteiger partial charge >= 0.3 is 0 Å². The maximum Gasteiger partial charge on any atom is 0.219 e. The number of carbonyl (C=O) groups is 1. The van der Waals surface area contributed by atoms with Crippen molar-refractivity contribution in [1.82, 2.24) is 5.32 Å². The van der Waals surface area contributed by atoms with Crippen LogP contribution in [0.3, 0.4) is 0 Å². The molecule has 1 rings (SSSR count). The fourth-order valence-electron chi connectivity index (χ4n) is 1.66. The number of nitrogens with one attached hydrogen (secondary N) is 1. The third kappa shape index (κ3) is 4.25. The number of phenolic OH excluding ortho intramolecular Hbond substituents is 1. The highest BCUT2D eigenvalue weighted by Gasteiger charge is 2.20. The topological polar surface area (TPSA) is 84.6 Å². The molecule has 0 aromatic heterocycles. The molecule has 5 nitrogen and oxygen atoms in total. The molecule has 4 N–H and O–H groups in total. The van der Waals surface area contributed by atoms with E-state index in [0.717, 1.165) is 0 Å². The second kappa shape index (κ2) is 5.73. The maximum atomic E-state index is 10.9. The highest BCUT2D eigenvalue weighted by atomic mass is 16.5. The number of nitrogens with two attached hydrogens (primary N) is 1. The molecule has 0 saturated carbocycles. The lowest BCUT2D eigenvalue weighted by molar-refractivity contribution is -0.119. The van der Waals surface area contributed by atoms with Crippen molar-refractivity contribution < 1.29 is 14.6 Å². The van der Waals surface area contributed by atoms with E-state index in [9.17, 15) is 9.90 Å². The Morgan fingerprint density at radius 3 is 2.72 bits per heavy atom. The number of benzene rings is 1. The number of methoxy groups -OCH3 is 1. The van der Waals surface area contributed by atoms with E-state index in [-0.39, 0.29) is 18.1 Å². The highest BCUT2D eigenvalue weighted by Crippen LogP contribution is 2.23. The molecule has 1 amide bonds. The van der Waals surface area contributed by atoms with Crippen molar-refractivity contribution >= 4 is 5.91 Å². The van der Waals surface area contributed by atoms with Gasteiger partial charge in [-0.1, -0.05) is 0 Å². The Kier molecular flexibility index (Phi) is 4.55. The van der Waals surface area contributed by atoms with E-state index in [1.165, 1.54) is 0 Å². The Labute approximate surface area is 107 Å². The molecule has 0 fully saturated rings. The Bertz CT molecular complexity index is 430. The van der Waals surface area contributed by atoms with Crippen molar-refractivity contribution in [2.24, 2.45) is 5.73 Å². The van der Waals surface area contributed by atoms with Gasteiger partial charge in [-0.15, -0.1) is 0 Å². The first kappa shape index (κ1) is 14.3. The van der Waals surface area contributed by atoms with E-state index in [0.29, 0.717) is 17.9 Å². The first-order valence-electron chi connectivity index (χ1n) is 5.73. The van der Waals surface area contributed by atoms with E-state index in [1.807, 2.05) is 13.8 Å². The quantitative estimate of drug-likeness (QED) is 0.709. The minimum Gasteiger partial charge on any atom is -0.508 e. The molecule has 5 heteroatoms. The molecule has 1 aromatic rings. The Hall–Kier alpha value is -1.75. The first-order chi connectivity index (χ1) is 8.34. The number of amides is 1. The lowest BCUT2D eigenvalue weighted by Crippen LogP contribution is -2.42. The van der Waals surface area contributed by atoms with Gasteiger partial charge in [0.1, 0.15) is 11.5 Å². The van der Waals surface area contributed by atoms with Crippen molar-refractivity contribution in [3.05, 3.63) is 23.8 Å². The van der Waals surface area contributed by atoms with Crippen LogP contribution < -0.4 is 15.8 Å². The van der Waals surface area contributed by atoms with Gasteiger partial charge in [-0.25, -0.2) is 0 Å². The number of aromatic hydroxyl groups is 1. The summed E-state index contributed by atoms with van der Waals surface area (Å²) in [6, 6.07) is 5.02. The van der Waals surface area contributed by atoms with Crippen LogP contribution >= 0.6 is 0 Å². The van der Waals surface area contributed by atoms with Crippen LogP contribution in [0.25, 0.3) is 0 Å². The lowest BCUT2D eigenvalue weighted by atomic mass is 9.99. The number of phenols is 1. The first-order valence-corrected chi connectivity index (χ1v) is 5.73. The highest BCUT2D eigenvalue weighted by molar-refractivity contribution is 5.75. The molecule has 0 heterocycles. The summed E-state index contributed by atoms with van der Waals surface area (Å²) in [5, 5.41) is 12.9. The number of primary amides is 1. The summed E-state index contributed by atoms with van der Waals surface area (Å²) in [4.78, 5) is 10.9. The summed E-state index contributed by atoms with van der Waals surface area (Å²) in [6.07, 6.45) is 0.234. The van der Waals surface area contributed by atoms with E-state index >= 15 is 0 Å². The second-order valence-electron chi connectivity index (χ2n) is 4.88. The SMILES string of the molecule is COc1ccc(O)c(CNC(C)(C)CC(N)=O)c1. The third-order valence-electron chi connectivity index (χ3n) is 2.66. The minimum absolute atomic E-state index is 0.193. The van der Waals surface area contributed by atoms with Gasteiger partial charge in [0.05, 0.1) is 7.11 Å². The molecule has 18 heavy (non-hydrogen) atoms. The summed E-state index contributed by atoms with van der Waals surface area (Å²) in [6.45, 7) is 4.20. The Balaban J connectivity index is 2.70. The van der Waals surface area contributed by atoms with E-state index in [4.69, 9.17) is 10.5 Å². The number of ether oxygens (including phenoxy) is 1. The van der Waals surface area contributed by atoms with Crippen LogP contribution in [0, 0.1) is 0 Å². The summed E-state index contributed by atoms with van der Waals surface area (Å²) in [5.41, 5.74) is 5.47. The van der Waals surface area contributed by atoms with Crippen LogP contribution in [0.4, 0.5) is 0 Å². The van der Waals surface area contributed by atoms with Gasteiger partial charge in [0, 0.05) is 24.1 Å². The van der Waals surface area contributed by atoms with Gasteiger partial charge < -0.3 is 20.9 Å². The second-order valence-corrected chi connectivity index (χ2v) is 4.88. The molecule has 1 aromatic carbocycles. The molecule has 0 unspecified atom stereocenters. The summed E-state index contributed by atoms with van der Waals surface area (Å²) < 4.78 is 5.09. The van der Waals surface area contributed by atoms with Gasteiger partial charge in [0.25, 0.3) is 0 Å². The largest absolute Gasteiger partial charge is 0.508 e. The standard InChI is InChI=1S/C13H20N2O3/c1-13(2,7-12(14)17)15-8-9-6-10(18-3)4-5-11(9)16/h4-6,15-16H,7-8H2,1-3H3,(H2,14,17). The monoisotopic (exact) mass is 252 g/mol. The van der Waals surface area contributed by atoms with Crippen LogP contribution in [0.15, 0.2) is 18.2 Å². The van der Waals surface area contributed by atoms with Gasteiger partial charge in [-0.3, -0.25) is 4.79 Å². The fourth-order valence-corrected chi connectivity index (χ4v) is 1.66. The van der Waals surface area contributed by atoms with Crippen molar-refractivity contribution in [2.75, 3.05) is 7.11 Å². The molecule has 0 bridgehead atoms. The predicted molar refractivity (Wildman–Crippen MR) is 69.4 cm³/mol. The minimum atomic E-state index is -0.415. The zero-order chi connectivity index (χ0) is 13.8. The summed E-state index contributed by atoms with van der Waals surface area (Å²) >= 11 is 0. The average molecular weight is 252 g/mol. The fraction of sp³-hybridized carbons (Fsp3) is 0.462. The Morgan fingerprint density at radius 1 is 1.50 bits per heavy atom. The van der Waals surface area contributed by atoms with Gasteiger partial charge in [0.15, 0.2) is 0 Å². The molecular formula is C13H20N2O3. The van der Waals surface area contributed by atoms with Crippen molar-refractivity contribution in [2.45, 2.75) is 32.4 Å². The number of rotatable bonds is 6. The maximum absolute atomic E-state index is 10.9. The van der Waals surface area contributed by atoms with Crippen LogP contribution in [-0.2, 0) is 11.3 Å². The van der Waals surface area contributed by atoms with Crippen LogP contribution in [0.1, 0.15) is 25.8 Å². The van der Waals surface area contributed by atoms with Crippen molar-refractivity contribution in [1.29, 1.82) is 0 Å². The van der Waals surface area contributed by atoms with E-state index in [2.05, 4.69) is 5.32 Å². The number of hydrogen-bond acceptors (Lipinski definition) is 4. The molecule has 0 aliphatic rings. The van der Waals surface area contributed by atoms with Gasteiger partial charge in [-0.2, -0.15) is 0 Å². The summed E-state index contributed by atoms with van der Waals surface area (Å²) in [5.74, 6) is 0.512. The van der Waals surface area contributed by atoms with Crippen LogP contribution in [0.5, 0.6) is 11.5 Å². The zero-order valence-corrected chi connectivity index (χ0v) is 11.0. The molecular weight excluding hydrogens is 232 g/mol. The molecule has 0 aliphatic carbocycles. The van der Waals surface area contributed by atoms with Gasteiger partial charge in [-0.05, 0) is 32.0 Å². The molecule has 0 saturated heterocycles. The van der Waals surface area contributed by atoms with Crippen LogP contribution in [-0.4, -0.2) is 23.7 Å².